The number of nitrogens with zero attached hydrogens (tertiary/aromatic N) is 1. The lowest BCUT2D eigenvalue weighted by Gasteiger charge is -2.09. The van der Waals surface area contributed by atoms with Gasteiger partial charge in [-0.15, -0.1) is 0 Å². The van der Waals surface area contributed by atoms with Gasteiger partial charge in [0, 0.05) is 11.1 Å². The van der Waals surface area contributed by atoms with Gasteiger partial charge >= 0.3 is 0 Å². The van der Waals surface area contributed by atoms with Crippen LogP contribution in [0.15, 0.2) is 29.3 Å². The summed E-state index contributed by atoms with van der Waals surface area (Å²) in [5, 5.41) is 0. The summed E-state index contributed by atoms with van der Waals surface area (Å²) < 4.78 is 13.5. The summed E-state index contributed by atoms with van der Waals surface area (Å²) in [6, 6.07) is 4.80. The number of halogens is 1. The molecule has 0 aliphatic heterocycles. The number of aromatic nitrogens is 2. The van der Waals surface area contributed by atoms with Crippen molar-refractivity contribution in [3.63, 3.8) is 0 Å². The van der Waals surface area contributed by atoms with Crippen molar-refractivity contribution in [1.82, 2.24) is 9.97 Å². The molecule has 0 atom stereocenters. The molecule has 0 spiro atoms. The number of benzene rings is 1. The summed E-state index contributed by atoms with van der Waals surface area (Å²) in [5.74, 6) is -0.286. The van der Waals surface area contributed by atoms with Crippen molar-refractivity contribution in [1.29, 1.82) is 0 Å². The van der Waals surface area contributed by atoms with Crippen LogP contribution in [0.25, 0.3) is 11.3 Å². The zero-order valence-corrected chi connectivity index (χ0v) is 9.75. The molecular weight excluding hydrogens is 219 g/mol. The number of nitrogens with one attached hydrogen (secondary N) is 1. The average Bonchev–Trinajstić information content (AvgIpc) is 2.32. The normalized spacial score (nSPS) is 10.5. The molecule has 3 nitrogen and oxygen atoms in total. The molecule has 0 unspecified atom stereocenters. The second kappa shape index (κ2) is 4.49. The predicted molar refractivity (Wildman–Crippen MR) is 64.4 cm³/mol. The molecule has 1 heterocycles. The first-order valence-electron chi connectivity index (χ1n) is 5.47. The van der Waals surface area contributed by atoms with Gasteiger partial charge < -0.3 is 4.98 Å². The molecule has 0 aliphatic rings. The number of aromatic amines is 1. The minimum absolute atomic E-state index is 0.166. The third kappa shape index (κ3) is 1.98. The molecule has 0 saturated carbocycles. The molecule has 4 heteroatoms. The lowest BCUT2D eigenvalue weighted by molar-refractivity contribution is 0.619. The molecule has 0 aliphatic carbocycles. The SMILES string of the molecule is CCc1c(-c2cccc(F)c2C)nc[nH]c1=O. The number of rotatable bonds is 2. The molecule has 0 radical (unpaired) electrons. The number of hydrogen-bond donors (Lipinski definition) is 1. The lowest BCUT2D eigenvalue weighted by Crippen LogP contribution is -2.14. The van der Waals surface area contributed by atoms with E-state index in [4.69, 9.17) is 0 Å². The Balaban J connectivity index is 2.73. The highest BCUT2D eigenvalue weighted by molar-refractivity contribution is 5.66. The molecule has 0 fully saturated rings. The second-order valence-electron chi connectivity index (χ2n) is 3.82. The van der Waals surface area contributed by atoms with E-state index < -0.39 is 0 Å². The van der Waals surface area contributed by atoms with Gasteiger partial charge in [-0.3, -0.25) is 4.79 Å². The van der Waals surface area contributed by atoms with Crippen LogP contribution in [-0.4, -0.2) is 9.97 Å². The van der Waals surface area contributed by atoms with Gasteiger partial charge in [-0.2, -0.15) is 0 Å². The Morgan fingerprint density at radius 2 is 2.18 bits per heavy atom. The van der Waals surface area contributed by atoms with Gasteiger partial charge in [0.15, 0.2) is 0 Å². The van der Waals surface area contributed by atoms with Crippen molar-refractivity contribution in [2.75, 3.05) is 0 Å². The lowest BCUT2D eigenvalue weighted by atomic mass is 10.0. The van der Waals surface area contributed by atoms with Crippen molar-refractivity contribution in [3.05, 3.63) is 51.8 Å². The van der Waals surface area contributed by atoms with E-state index in [1.807, 2.05) is 6.92 Å². The molecule has 1 aromatic heterocycles. The molecule has 0 bridgehead atoms. The minimum atomic E-state index is -0.286. The second-order valence-corrected chi connectivity index (χ2v) is 3.82. The van der Waals surface area contributed by atoms with E-state index in [1.165, 1.54) is 12.4 Å². The molecule has 0 amide bonds. The van der Waals surface area contributed by atoms with E-state index in [2.05, 4.69) is 9.97 Å². The highest BCUT2D eigenvalue weighted by Crippen LogP contribution is 2.24. The van der Waals surface area contributed by atoms with E-state index in [-0.39, 0.29) is 11.4 Å². The molecule has 0 saturated heterocycles. The van der Waals surface area contributed by atoms with Crippen LogP contribution < -0.4 is 5.56 Å². The topological polar surface area (TPSA) is 45.8 Å². The molecule has 2 aromatic rings. The zero-order chi connectivity index (χ0) is 12.4. The van der Waals surface area contributed by atoms with Crippen molar-refractivity contribution in [2.24, 2.45) is 0 Å². The Hall–Kier alpha value is -1.97. The van der Waals surface area contributed by atoms with Crippen LogP contribution in [0.1, 0.15) is 18.1 Å². The highest BCUT2D eigenvalue weighted by atomic mass is 19.1. The Morgan fingerprint density at radius 3 is 2.88 bits per heavy atom. The fraction of sp³-hybridized carbons (Fsp3) is 0.231. The van der Waals surface area contributed by atoms with Crippen molar-refractivity contribution >= 4 is 0 Å². The summed E-state index contributed by atoms with van der Waals surface area (Å²) >= 11 is 0. The van der Waals surface area contributed by atoms with Gasteiger partial charge in [0.2, 0.25) is 0 Å². The van der Waals surface area contributed by atoms with E-state index in [0.29, 0.717) is 28.8 Å². The fourth-order valence-corrected chi connectivity index (χ4v) is 1.85. The van der Waals surface area contributed by atoms with Crippen LogP contribution in [0.5, 0.6) is 0 Å². The van der Waals surface area contributed by atoms with Crippen LogP contribution in [0, 0.1) is 12.7 Å². The van der Waals surface area contributed by atoms with Gasteiger partial charge in [-0.05, 0) is 25.0 Å². The minimum Gasteiger partial charge on any atom is -0.313 e. The van der Waals surface area contributed by atoms with Gasteiger partial charge in [-0.25, -0.2) is 9.37 Å². The maximum absolute atomic E-state index is 13.5. The molecular formula is C13H13FN2O. The first-order valence-corrected chi connectivity index (χ1v) is 5.47. The quantitative estimate of drug-likeness (QED) is 0.864. The van der Waals surface area contributed by atoms with Gasteiger partial charge in [0.05, 0.1) is 12.0 Å². The van der Waals surface area contributed by atoms with Gasteiger partial charge in [0.1, 0.15) is 5.82 Å². The Kier molecular flexibility index (Phi) is 3.04. The molecule has 2 rings (SSSR count). The summed E-state index contributed by atoms with van der Waals surface area (Å²) in [7, 11) is 0. The van der Waals surface area contributed by atoms with E-state index >= 15 is 0 Å². The fourth-order valence-electron chi connectivity index (χ4n) is 1.85. The molecule has 1 aromatic carbocycles. The van der Waals surface area contributed by atoms with E-state index in [0.717, 1.165) is 0 Å². The first-order chi connectivity index (χ1) is 8.15. The van der Waals surface area contributed by atoms with E-state index in [1.54, 1.807) is 19.1 Å². The summed E-state index contributed by atoms with van der Waals surface area (Å²) in [4.78, 5) is 18.3. The van der Waals surface area contributed by atoms with Crippen molar-refractivity contribution in [3.8, 4) is 11.3 Å². The molecule has 88 valence electrons. The molecule has 1 N–H and O–H groups in total. The van der Waals surface area contributed by atoms with E-state index in [9.17, 15) is 9.18 Å². The summed E-state index contributed by atoms with van der Waals surface area (Å²) in [5.41, 5.74) is 2.17. The largest absolute Gasteiger partial charge is 0.313 e. The van der Waals surface area contributed by atoms with Crippen LogP contribution in [0.2, 0.25) is 0 Å². The number of hydrogen-bond acceptors (Lipinski definition) is 2. The van der Waals surface area contributed by atoms with Gasteiger partial charge in [0.25, 0.3) is 5.56 Å². The maximum Gasteiger partial charge on any atom is 0.254 e. The third-order valence-corrected chi connectivity index (χ3v) is 2.83. The zero-order valence-electron chi connectivity index (χ0n) is 9.75. The standard InChI is InChI=1S/C13H13FN2O/c1-3-9-12(15-7-16-13(9)17)10-5-4-6-11(14)8(10)2/h4-7H,3H2,1-2H3,(H,15,16,17). The van der Waals surface area contributed by atoms with Crippen LogP contribution >= 0.6 is 0 Å². The number of H-pyrrole nitrogens is 1. The van der Waals surface area contributed by atoms with Crippen molar-refractivity contribution < 1.29 is 4.39 Å². The predicted octanol–water partition coefficient (Wildman–Crippen LogP) is 2.45. The van der Waals surface area contributed by atoms with Crippen molar-refractivity contribution in [2.45, 2.75) is 20.3 Å². The first kappa shape index (κ1) is 11.5. The van der Waals surface area contributed by atoms with Crippen LogP contribution in [0.4, 0.5) is 4.39 Å². The van der Waals surface area contributed by atoms with Crippen LogP contribution in [-0.2, 0) is 6.42 Å². The Morgan fingerprint density at radius 1 is 1.41 bits per heavy atom. The smallest absolute Gasteiger partial charge is 0.254 e. The maximum atomic E-state index is 13.5. The van der Waals surface area contributed by atoms with Crippen LogP contribution in [0.3, 0.4) is 0 Å². The monoisotopic (exact) mass is 232 g/mol. The molecule has 17 heavy (non-hydrogen) atoms. The highest BCUT2D eigenvalue weighted by Gasteiger charge is 2.12. The Bertz CT molecular complexity index is 605. The van der Waals surface area contributed by atoms with Gasteiger partial charge in [-0.1, -0.05) is 19.1 Å². The summed E-state index contributed by atoms with van der Waals surface area (Å²) in [6.07, 6.45) is 1.91. The third-order valence-electron chi connectivity index (χ3n) is 2.83. The average molecular weight is 232 g/mol. The Labute approximate surface area is 98.3 Å². The summed E-state index contributed by atoms with van der Waals surface area (Å²) in [6.45, 7) is 3.57.